The summed E-state index contributed by atoms with van der Waals surface area (Å²) in [5.74, 6) is -0.663. The lowest BCUT2D eigenvalue weighted by Gasteiger charge is -2.11. The third-order valence-electron chi connectivity index (χ3n) is 2.49. The maximum Gasteiger partial charge on any atom is 0.416 e. The van der Waals surface area contributed by atoms with E-state index in [0.717, 1.165) is 24.4 Å². The highest BCUT2D eigenvalue weighted by atomic mass is 19.4. The summed E-state index contributed by atoms with van der Waals surface area (Å²) in [5, 5.41) is 0. The van der Waals surface area contributed by atoms with Crippen LogP contribution in [0, 0.1) is 5.82 Å². The number of nitrogens with zero attached hydrogens (tertiary/aromatic N) is 1. The number of alkyl halides is 3. The largest absolute Gasteiger partial charge is 0.439 e. The summed E-state index contributed by atoms with van der Waals surface area (Å²) in [5.41, 5.74) is 4.83. The van der Waals surface area contributed by atoms with Crippen LogP contribution in [0.25, 0.3) is 0 Å². The first kappa shape index (κ1) is 14.3. The standard InChI is InChI=1S/C13H10F4N2O/c14-10-4-8(6-18)12(19-7-10)20-11-3-1-2-9(5-11)13(15,16)17/h1-5,7H,6,18H2. The van der Waals surface area contributed by atoms with Gasteiger partial charge >= 0.3 is 6.18 Å². The average molecular weight is 286 g/mol. The lowest BCUT2D eigenvalue weighted by atomic mass is 10.2. The third kappa shape index (κ3) is 3.24. The lowest BCUT2D eigenvalue weighted by molar-refractivity contribution is -0.137. The van der Waals surface area contributed by atoms with E-state index in [4.69, 9.17) is 10.5 Å². The molecule has 7 heteroatoms. The summed E-state index contributed by atoms with van der Waals surface area (Å²) in [6, 6.07) is 5.44. The molecule has 0 radical (unpaired) electrons. The first-order valence-corrected chi connectivity index (χ1v) is 5.60. The minimum atomic E-state index is -4.47. The van der Waals surface area contributed by atoms with Crippen LogP contribution >= 0.6 is 0 Å². The van der Waals surface area contributed by atoms with Gasteiger partial charge in [0.1, 0.15) is 11.6 Å². The van der Waals surface area contributed by atoms with Crippen LogP contribution in [0.2, 0.25) is 0 Å². The van der Waals surface area contributed by atoms with Gasteiger partial charge in [-0.15, -0.1) is 0 Å². The van der Waals surface area contributed by atoms with Crippen molar-refractivity contribution in [1.82, 2.24) is 4.98 Å². The number of pyridine rings is 1. The van der Waals surface area contributed by atoms with Crippen LogP contribution in [-0.2, 0) is 12.7 Å². The zero-order valence-electron chi connectivity index (χ0n) is 10.1. The van der Waals surface area contributed by atoms with Crippen LogP contribution in [0.5, 0.6) is 11.6 Å². The lowest BCUT2D eigenvalue weighted by Crippen LogP contribution is -2.05. The molecule has 0 aliphatic heterocycles. The molecule has 0 saturated carbocycles. The maximum atomic E-state index is 13.0. The number of hydrogen-bond donors (Lipinski definition) is 1. The molecule has 0 amide bonds. The molecular formula is C13H10F4N2O. The predicted octanol–water partition coefficient (Wildman–Crippen LogP) is 3.49. The van der Waals surface area contributed by atoms with Crippen molar-refractivity contribution in [2.45, 2.75) is 12.7 Å². The van der Waals surface area contributed by atoms with Crippen LogP contribution in [0.15, 0.2) is 36.5 Å². The third-order valence-corrected chi connectivity index (χ3v) is 2.49. The van der Waals surface area contributed by atoms with Gasteiger partial charge in [0.05, 0.1) is 11.8 Å². The molecule has 0 fully saturated rings. The van der Waals surface area contributed by atoms with E-state index in [9.17, 15) is 17.6 Å². The van der Waals surface area contributed by atoms with E-state index in [1.165, 1.54) is 12.1 Å². The fourth-order valence-corrected chi connectivity index (χ4v) is 1.55. The Morgan fingerprint density at radius 3 is 2.60 bits per heavy atom. The molecule has 106 valence electrons. The molecule has 3 nitrogen and oxygen atoms in total. The molecule has 2 aromatic rings. The van der Waals surface area contributed by atoms with Gasteiger partial charge in [-0.2, -0.15) is 13.2 Å². The number of halogens is 4. The Bertz CT molecular complexity index is 614. The number of nitrogens with two attached hydrogens (primary N) is 1. The van der Waals surface area contributed by atoms with Gasteiger partial charge in [-0.25, -0.2) is 9.37 Å². The molecule has 0 spiro atoms. The fraction of sp³-hybridized carbons (Fsp3) is 0.154. The molecule has 0 unspecified atom stereocenters. The zero-order chi connectivity index (χ0) is 14.8. The number of rotatable bonds is 3. The molecule has 0 aliphatic carbocycles. The Balaban J connectivity index is 2.31. The predicted molar refractivity (Wildman–Crippen MR) is 63.6 cm³/mol. The molecule has 20 heavy (non-hydrogen) atoms. The van der Waals surface area contributed by atoms with Crippen molar-refractivity contribution in [1.29, 1.82) is 0 Å². The highest BCUT2D eigenvalue weighted by Gasteiger charge is 2.30. The van der Waals surface area contributed by atoms with E-state index < -0.39 is 17.6 Å². The summed E-state index contributed by atoms with van der Waals surface area (Å²) < 4.78 is 55.9. The van der Waals surface area contributed by atoms with Gasteiger partial charge in [-0.05, 0) is 24.3 Å². The Labute approximate surface area is 112 Å². The van der Waals surface area contributed by atoms with E-state index in [2.05, 4.69) is 4.98 Å². The molecule has 0 saturated heterocycles. The van der Waals surface area contributed by atoms with Crippen LogP contribution < -0.4 is 10.5 Å². The summed E-state index contributed by atoms with van der Waals surface area (Å²) in [4.78, 5) is 3.68. The van der Waals surface area contributed by atoms with Crippen molar-refractivity contribution in [2.75, 3.05) is 0 Å². The van der Waals surface area contributed by atoms with Gasteiger partial charge < -0.3 is 10.5 Å². The average Bonchev–Trinajstić information content (AvgIpc) is 2.40. The summed E-state index contributed by atoms with van der Waals surface area (Å²) >= 11 is 0. The van der Waals surface area contributed by atoms with Crippen LogP contribution in [0.4, 0.5) is 17.6 Å². The topological polar surface area (TPSA) is 48.1 Å². The molecule has 0 bridgehead atoms. The van der Waals surface area contributed by atoms with Gasteiger partial charge in [0.25, 0.3) is 0 Å². The summed E-state index contributed by atoms with van der Waals surface area (Å²) in [7, 11) is 0. The number of aromatic nitrogens is 1. The Morgan fingerprint density at radius 2 is 1.95 bits per heavy atom. The minimum Gasteiger partial charge on any atom is -0.439 e. The normalized spacial score (nSPS) is 11.4. The Kier molecular flexibility index (Phi) is 3.89. The van der Waals surface area contributed by atoms with Crippen molar-refractivity contribution in [3.63, 3.8) is 0 Å². The Morgan fingerprint density at radius 1 is 1.20 bits per heavy atom. The van der Waals surface area contributed by atoms with Crippen molar-refractivity contribution < 1.29 is 22.3 Å². The summed E-state index contributed by atoms with van der Waals surface area (Å²) in [6.45, 7) is -0.0426. The van der Waals surface area contributed by atoms with Crippen molar-refractivity contribution in [3.05, 3.63) is 53.5 Å². The second-order valence-corrected chi connectivity index (χ2v) is 3.95. The van der Waals surface area contributed by atoms with E-state index >= 15 is 0 Å². The zero-order valence-corrected chi connectivity index (χ0v) is 10.1. The quantitative estimate of drug-likeness (QED) is 0.879. The van der Waals surface area contributed by atoms with Gasteiger partial charge in [-0.1, -0.05) is 6.07 Å². The van der Waals surface area contributed by atoms with E-state index in [1.807, 2.05) is 0 Å². The molecule has 0 atom stereocenters. The highest BCUT2D eigenvalue weighted by Crippen LogP contribution is 2.32. The van der Waals surface area contributed by atoms with E-state index in [-0.39, 0.29) is 23.7 Å². The molecule has 1 aromatic heterocycles. The van der Waals surface area contributed by atoms with Crippen LogP contribution in [-0.4, -0.2) is 4.98 Å². The molecule has 1 heterocycles. The maximum absolute atomic E-state index is 13.0. The van der Waals surface area contributed by atoms with Gasteiger partial charge in [0.2, 0.25) is 5.88 Å². The fourth-order valence-electron chi connectivity index (χ4n) is 1.55. The van der Waals surface area contributed by atoms with Crippen molar-refractivity contribution in [2.24, 2.45) is 5.73 Å². The second kappa shape index (κ2) is 5.46. The first-order valence-electron chi connectivity index (χ1n) is 5.60. The molecular weight excluding hydrogens is 276 g/mol. The van der Waals surface area contributed by atoms with Crippen molar-refractivity contribution in [3.8, 4) is 11.6 Å². The molecule has 2 rings (SSSR count). The van der Waals surface area contributed by atoms with Gasteiger partial charge in [0, 0.05) is 12.1 Å². The molecule has 2 N–H and O–H groups in total. The number of ether oxygens (including phenoxy) is 1. The summed E-state index contributed by atoms with van der Waals surface area (Å²) in [6.07, 6.45) is -3.56. The Hall–Kier alpha value is -2.15. The van der Waals surface area contributed by atoms with Crippen molar-refractivity contribution >= 4 is 0 Å². The highest BCUT2D eigenvalue weighted by molar-refractivity contribution is 5.35. The molecule has 1 aromatic carbocycles. The second-order valence-electron chi connectivity index (χ2n) is 3.95. The SMILES string of the molecule is NCc1cc(F)cnc1Oc1cccc(C(F)(F)F)c1. The smallest absolute Gasteiger partial charge is 0.416 e. The minimum absolute atomic E-state index is 0.0202. The molecule has 0 aliphatic rings. The van der Waals surface area contributed by atoms with Crippen LogP contribution in [0.3, 0.4) is 0 Å². The van der Waals surface area contributed by atoms with Crippen LogP contribution in [0.1, 0.15) is 11.1 Å². The van der Waals surface area contributed by atoms with Gasteiger partial charge in [0.15, 0.2) is 0 Å². The number of hydrogen-bond acceptors (Lipinski definition) is 3. The van der Waals surface area contributed by atoms with E-state index in [1.54, 1.807) is 0 Å². The van der Waals surface area contributed by atoms with E-state index in [0.29, 0.717) is 0 Å². The first-order chi connectivity index (χ1) is 9.40. The van der Waals surface area contributed by atoms with Gasteiger partial charge in [-0.3, -0.25) is 0 Å². The monoisotopic (exact) mass is 286 g/mol. The number of benzene rings is 1.